The Labute approximate surface area is 184 Å². The lowest BCUT2D eigenvalue weighted by molar-refractivity contribution is -0.114. The molecule has 2 aromatic carbocycles. The average Bonchev–Trinajstić information content (AvgIpc) is 3.49. The highest BCUT2D eigenvalue weighted by molar-refractivity contribution is 6.06. The third-order valence-electron chi connectivity index (χ3n) is 5.79. The van der Waals surface area contributed by atoms with Gasteiger partial charge in [0, 0.05) is 53.9 Å². The van der Waals surface area contributed by atoms with Crippen molar-refractivity contribution in [3.05, 3.63) is 66.2 Å². The Bertz CT molecular complexity index is 1270. The van der Waals surface area contributed by atoms with Crippen molar-refractivity contribution in [1.82, 2.24) is 20.0 Å². The first-order valence-corrected chi connectivity index (χ1v) is 10.7. The molecule has 1 aliphatic heterocycles. The summed E-state index contributed by atoms with van der Waals surface area (Å²) < 4.78 is 5.57. The molecule has 1 fully saturated rings. The van der Waals surface area contributed by atoms with Crippen LogP contribution >= 0.6 is 0 Å². The number of amides is 2. The van der Waals surface area contributed by atoms with Crippen LogP contribution in [0.1, 0.15) is 41.9 Å². The van der Waals surface area contributed by atoms with Crippen molar-refractivity contribution in [3.63, 3.8) is 0 Å². The zero-order chi connectivity index (χ0) is 22.1. The third kappa shape index (κ3) is 3.87. The number of hydrogen-bond acceptors (Lipinski definition) is 5. The molecule has 0 saturated carbocycles. The second-order valence-electron chi connectivity index (χ2n) is 8.05. The van der Waals surface area contributed by atoms with Crippen molar-refractivity contribution in [1.29, 1.82) is 0 Å². The molecule has 0 aliphatic carbocycles. The topological polar surface area (TPSA) is 104 Å². The summed E-state index contributed by atoms with van der Waals surface area (Å²) in [6, 6.07) is 15.0. The summed E-state index contributed by atoms with van der Waals surface area (Å²) in [5, 5.41) is 7.80. The number of aromatic amines is 1. The molecule has 8 heteroatoms. The molecule has 1 atom stereocenters. The predicted molar refractivity (Wildman–Crippen MR) is 120 cm³/mol. The summed E-state index contributed by atoms with van der Waals surface area (Å²) in [4.78, 5) is 34.1. The number of piperidine rings is 1. The highest BCUT2D eigenvalue weighted by atomic mass is 16.5. The van der Waals surface area contributed by atoms with Gasteiger partial charge in [-0.2, -0.15) is 4.98 Å². The molecule has 0 radical (unpaired) electrons. The van der Waals surface area contributed by atoms with Gasteiger partial charge in [0.1, 0.15) is 0 Å². The van der Waals surface area contributed by atoms with E-state index in [0.717, 1.165) is 29.3 Å². The number of fused-ring (bicyclic) bond motifs is 1. The monoisotopic (exact) mass is 429 g/mol. The highest BCUT2D eigenvalue weighted by Crippen LogP contribution is 2.29. The minimum atomic E-state index is -0.122. The Hall–Kier alpha value is -3.94. The Balaban J connectivity index is 1.32. The SMILES string of the molecule is CC(=O)Nc1ccc(-c2noc([C@H]3CCCN(C(=O)c4cccc5[nH]ccc45)C3)n2)cc1. The molecule has 0 spiro atoms. The molecule has 1 aliphatic rings. The van der Waals surface area contributed by atoms with E-state index in [1.165, 1.54) is 6.92 Å². The lowest BCUT2D eigenvalue weighted by atomic mass is 9.97. The number of rotatable bonds is 4. The number of nitrogens with one attached hydrogen (secondary N) is 2. The standard InChI is InChI=1S/C24H23N5O3/c1-15(30)26-18-9-7-16(8-10-18)22-27-23(32-28-22)17-4-3-13-29(14-17)24(31)20-5-2-6-21-19(20)11-12-25-21/h2,5-12,17,25H,3-4,13-14H2,1H3,(H,26,30)/t17-/m0/s1. The van der Waals surface area contributed by atoms with E-state index in [9.17, 15) is 9.59 Å². The number of anilines is 1. The first-order valence-electron chi connectivity index (χ1n) is 10.7. The van der Waals surface area contributed by atoms with E-state index in [1.54, 1.807) is 12.1 Å². The van der Waals surface area contributed by atoms with E-state index in [2.05, 4.69) is 20.4 Å². The van der Waals surface area contributed by atoms with Gasteiger partial charge in [-0.25, -0.2) is 0 Å². The van der Waals surface area contributed by atoms with Crippen LogP contribution in [0.25, 0.3) is 22.3 Å². The van der Waals surface area contributed by atoms with Gasteiger partial charge in [0.15, 0.2) is 0 Å². The van der Waals surface area contributed by atoms with E-state index >= 15 is 0 Å². The Kier molecular flexibility index (Phi) is 5.18. The van der Waals surface area contributed by atoms with Gasteiger partial charge in [-0.3, -0.25) is 9.59 Å². The number of benzene rings is 2. The van der Waals surface area contributed by atoms with Crippen molar-refractivity contribution >= 4 is 28.4 Å². The number of hydrogen-bond donors (Lipinski definition) is 2. The summed E-state index contributed by atoms with van der Waals surface area (Å²) in [6.07, 6.45) is 3.62. The number of aromatic nitrogens is 3. The van der Waals surface area contributed by atoms with Crippen molar-refractivity contribution in [2.24, 2.45) is 0 Å². The van der Waals surface area contributed by atoms with E-state index in [1.807, 2.05) is 47.5 Å². The minimum absolute atomic E-state index is 0.00182. The van der Waals surface area contributed by atoms with E-state index in [-0.39, 0.29) is 17.7 Å². The molecular formula is C24H23N5O3. The molecule has 2 amide bonds. The zero-order valence-electron chi connectivity index (χ0n) is 17.7. The largest absolute Gasteiger partial charge is 0.361 e. The van der Waals surface area contributed by atoms with Gasteiger partial charge in [-0.15, -0.1) is 0 Å². The van der Waals surface area contributed by atoms with Crippen LogP contribution in [0.2, 0.25) is 0 Å². The number of carbonyl (C=O) groups excluding carboxylic acids is 2. The van der Waals surface area contributed by atoms with Crippen LogP contribution < -0.4 is 5.32 Å². The number of carbonyl (C=O) groups is 2. The van der Waals surface area contributed by atoms with Gasteiger partial charge in [0.2, 0.25) is 17.6 Å². The van der Waals surface area contributed by atoms with Crippen LogP contribution in [0.15, 0.2) is 59.3 Å². The Morgan fingerprint density at radius 3 is 2.81 bits per heavy atom. The van der Waals surface area contributed by atoms with Crippen LogP contribution in [0.3, 0.4) is 0 Å². The van der Waals surface area contributed by atoms with Gasteiger partial charge in [-0.1, -0.05) is 11.2 Å². The molecule has 0 bridgehead atoms. The zero-order valence-corrected chi connectivity index (χ0v) is 17.7. The van der Waals surface area contributed by atoms with Crippen LogP contribution in [0, 0.1) is 0 Å². The lowest BCUT2D eigenvalue weighted by Gasteiger charge is -2.31. The molecule has 8 nitrogen and oxygen atoms in total. The second kappa shape index (κ2) is 8.30. The van der Waals surface area contributed by atoms with E-state index < -0.39 is 0 Å². The normalized spacial score (nSPS) is 16.3. The second-order valence-corrected chi connectivity index (χ2v) is 8.05. The van der Waals surface area contributed by atoms with Crippen molar-refractivity contribution in [3.8, 4) is 11.4 Å². The smallest absolute Gasteiger partial charge is 0.254 e. The summed E-state index contributed by atoms with van der Waals surface area (Å²) in [5.41, 5.74) is 3.17. The number of nitrogens with zero attached hydrogens (tertiary/aromatic N) is 3. The molecule has 162 valence electrons. The molecule has 1 saturated heterocycles. The maximum atomic E-state index is 13.2. The summed E-state index contributed by atoms with van der Waals surface area (Å²) in [7, 11) is 0. The fraction of sp³-hybridized carbons (Fsp3) is 0.250. The van der Waals surface area contributed by atoms with Crippen molar-refractivity contribution in [2.45, 2.75) is 25.7 Å². The average molecular weight is 429 g/mol. The van der Waals surface area contributed by atoms with Gasteiger partial charge < -0.3 is 19.7 Å². The molecule has 2 aromatic heterocycles. The van der Waals surface area contributed by atoms with Gasteiger partial charge in [0.25, 0.3) is 5.91 Å². The van der Waals surface area contributed by atoms with Crippen LogP contribution in [0.5, 0.6) is 0 Å². The first-order chi connectivity index (χ1) is 15.6. The Morgan fingerprint density at radius 1 is 1.16 bits per heavy atom. The van der Waals surface area contributed by atoms with Crippen molar-refractivity contribution in [2.75, 3.05) is 18.4 Å². The molecule has 2 N–H and O–H groups in total. The molecule has 4 aromatic rings. The molecule has 0 unspecified atom stereocenters. The number of H-pyrrole nitrogens is 1. The fourth-order valence-corrected chi connectivity index (χ4v) is 4.23. The van der Waals surface area contributed by atoms with Crippen LogP contribution in [0.4, 0.5) is 5.69 Å². The molecule has 3 heterocycles. The fourth-order valence-electron chi connectivity index (χ4n) is 4.23. The van der Waals surface area contributed by atoms with Crippen LogP contribution in [-0.2, 0) is 4.79 Å². The first kappa shape index (κ1) is 20.0. The molecule has 5 rings (SSSR count). The maximum absolute atomic E-state index is 13.2. The minimum Gasteiger partial charge on any atom is -0.361 e. The summed E-state index contributed by atoms with van der Waals surface area (Å²) in [5.74, 6) is 0.938. The Morgan fingerprint density at radius 2 is 2.00 bits per heavy atom. The van der Waals surface area contributed by atoms with Crippen molar-refractivity contribution < 1.29 is 14.1 Å². The van der Waals surface area contributed by atoms with Gasteiger partial charge >= 0.3 is 0 Å². The predicted octanol–water partition coefficient (Wildman–Crippen LogP) is 4.20. The van der Waals surface area contributed by atoms with Crippen LogP contribution in [-0.4, -0.2) is 44.9 Å². The van der Waals surface area contributed by atoms with Gasteiger partial charge in [-0.05, 0) is 55.3 Å². The lowest BCUT2D eigenvalue weighted by Crippen LogP contribution is -2.39. The quantitative estimate of drug-likeness (QED) is 0.506. The summed E-state index contributed by atoms with van der Waals surface area (Å²) in [6.45, 7) is 2.72. The van der Waals surface area contributed by atoms with E-state index in [0.29, 0.717) is 36.1 Å². The summed E-state index contributed by atoms with van der Waals surface area (Å²) >= 11 is 0. The van der Waals surface area contributed by atoms with Gasteiger partial charge in [0.05, 0.1) is 5.92 Å². The molecular weight excluding hydrogens is 406 g/mol. The maximum Gasteiger partial charge on any atom is 0.254 e. The third-order valence-corrected chi connectivity index (χ3v) is 5.79. The molecule has 32 heavy (non-hydrogen) atoms. The van der Waals surface area contributed by atoms with E-state index in [4.69, 9.17) is 4.52 Å². The number of likely N-dealkylation sites (tertiary alicyclic amines) is 1. The highest BCUT2D eigenvalue weighted by Gasteiger charge is 2.30.